The molecular formula is C13H21N3O2. The maximum Gasteiger partial charge on any atom is 0.360 e. The van der Waals surface area contributed by atoms with Gasteiger partial charge in [-0.3, -0.25) is 0 Å². The molecule has 1 aliphatic rings. The predicted octanol–water partition coefficient (Wildman–Crippen LogP) is 2.14. The molecule has 0 amide bonds. The predicted molar refractivity (Wildman–Crippen MR) is 69.3 cm³/mol. The van der Waals surface area contributed by atoms with Crippen molar-refractivity contribution in [1.82, 2.24) is 9.55 Å². The second kappa shape index (κ2) is 5.42. The second-order valence-corrected chi connectivity index (χ2v) is 5.00. The standard InChI is InChI=1S/C13H21N3O2/c1-9-15-11(13(17)18-2)12(14)16(9)8-10-6-4-3-5-7-10/h10H,3-8,14H2,1-2H3. The largest absolute Gasteiger partial charge is 0.464 e. The van der Waals surface area contributed by atoms with Crippen LogP contribution >= 0.6 is 0 Å². The molecule has 1 aromatic rings. The Hall–Kier alpha value is -1.52. The summed E-state index contributed by atoms with van der Waals surface area (Å²) in [5, 5.41) is 0. The maximum absolute atomic E-state index is 11.5. The highest BCUT2D eigenvalue weighted by molar-refractivity contribution is 5.92. The van der Waals surface area contributed by atoms with Gasteiger partial charge >= 0.3 is 5.97 Å². The Labute approximate surface area is 107 Å². The minimum atomic E-state index is -0.460. The van der Waals surface area contributed by atoms with Crippen molar-refractivity contribution in [2.45, 2.75) is 45.6 Å². The number of aromatic nitrogens is 2. The molecule has 1 aliphatic carbocycles. The molecule has 1 heterocycles. The second-order valence-electron chi connectivity index (χ2n) is 5.00. The zero-order chi connectivity index (χ0) is 13.1. The molecule has 1 aromatic heterocycles. The van der Waals surface area contributed by atoms with Crippen molar-refractivity contribution >= 4 is 11.8 Å². The summed E-state index contributed by atoms with van der Waals surface area (Å²) in [6, 6.07) is 0. The minimum Gasteiger partial charge on any atom is -0.464 e. The monoisotopic (exact) mass is 251 g/mol. The van der Waals surface area contributed by atoms with Crippen LogP contribution in [0.2, 0.25) is 0 Å². The fourth-order valence-corrected chi connectivity index (χ4v) is 2.69. The van der Waals surface area contributed by atoms with Gasteiger partial charge < -0.3 is 15.0 Å². The van der Waals surface area contributed by atoms with Gasteiger partial charge in [0, 0.05) is 6.54 Å². The van der Waals surface area contributed by atoms with Gasteiger partial charge in [-0.1, -0.05) is 19.3 Å². The van der Waals surface area contributed by atoms with Crippen LogP contribution in [0.1, 0.15) is 48.4 Å². The molecule has 0 bridgehead atoms. The highest BCUT2D eigenvalue weighted by Crippen LogP contribution is 2.27. The molecule has 5 heteroatoms. The molecule has 1 fully saturated rings. The van der Waals surface area contributed by atoms with E-state index in [1.54, 1.807) is 0 Å². The number of nitrogens with zero attached hydrogens (tertiary/aromatic N) is 2. The van der Waals surface area contributed by atoms with Crippen LogP contribution in [0.4, 0.5) is 5.82 Å². The Balaban J connectivity index is 2.17. The molecule has 100 valence electrons. The molecule has 0 aliphatic heterocycles. The fraction of sp³-hybridized carbons (Fsp3) is 0.692. The first kappa shape index (κ1) is 12.9. The minimum absolute atomic E-state index is 0.241. The van der Waals surface area contributed by atoms with Crippen molar-refractivity contribution in [3.8, 4) is 0 Å². The number of hydrogen-bond acceptors (Lipinski definition) is 4. The summed E-state index contributed by atoms with van der Waals surface area (Å²) in [7, 11) is 1.34. The summed E-state index contributed by atoms with van der Waals surface area (Å²) in [5.74, 6) is 1.42. The van der Waals surface area contributed by atoms with E-state index in [0.717, 1.165) is 12.4 Å². The van der Waals surface area contributed by atoms with Crippen molar-refractivity contribution in [3.05, 3.63) is 11.5 Å². The molecule has 5 nitrogen and oxygen atoms in total. The molecule has 0 atom stereocenters. The normalized spacial score (nSPS) is 16.8. The summed E-state index contributed by atoms with van der Waals surface area (Å²) >= 11 is 0. The van der Waals surface area contributed by atoms with Crippen molar-refractivity contribution < 1.29 is 9.53 Å². The quantitative estimate of drug-likeness (QED) is 0.835. The average molecular weight is 251 g/mol. The summed E-state index contributed by atoms with van der Waals surface area (Å²) in [4.78, 5) is 15.7. The first-order valence-electron chi connectivity index (χ1n) is 6.54. The van der Waals surface area contributed by atoms with E-state index in [9.17, 15) is 4.79 Å². The van der Waals surface area contributed by atoms with Crippen LogP contribution in [0.5, 0.6) is 0 Å². The first-order chi connectivity index (χ1) is 8.63. The lowest BCUT2D eigenvalue weighted by Crippen LogP contribution is -2.17. The first-order valence-corrected chi connectivity index (χ1v) is 6.54. The van der Waals surface area contributed by atoms with Gasteiger partial charge in [0.1, 0.15) is 11.6 Å². The van der Waals surface area contributed by atoms with Gasteiger partial charge in [0.15, 0.2) is 5.69 Å². The van der Waals surface area contributed by atoms with Crippen LogP contribution in [0.15, 0.2) is 0 Å². The van der Waals surface area contributed by atoms with Crippen molar-refractivity contribution in [2.75, 3.05) is 12.8 Å². The Bertz CT molecular complexity index is 434. The van der Waals surface area contributed by atoms with E-state index in [1.165, 1.54) is 39.2 Å². The SMILES string of the molecule is COC(=O)c1nc(C)n(CC2CCCCC2)c1N. The molecule has 0 unspecified atom stereocenters. The Kier molecular flexibility index (Phi) is 3.89. The van der Waals surface area contributed by atoms with Crippen LogP contribution in [0.3, 0.4) is 0 Å². The number of nitrogen functional groups attached to an aromatic ring is 1. The van der Waals surface area contributed by atoms with Crippen LogP contribution < -0.4 is 5.73 Å². The number of anilines is 1. The summed E-state index contributed by atoms with van der Waals surface area (Å²) in [6.45, 7) is 2.74. The number of esters is 1. The lowest BCUT2D eigenvalue weighted by molar-refractivity contribution is 0.0595. The van der Waals surface area contributed by atoms with Crippen LogP contribution in [0, 0.1) is 12.8 Å². The lowest BCUT2D eigenvalue weighted by Gasteiger charge is -2.22. The van der Waals surface area contributed by atoms with E-state index in [4.69, 9.17) is 5.73 Å². The van der Waals surface area contributed by atoms with Crippen molar-refractivity contribution in [2.24, 2.45) is 5.92 Å². The Morgan fingerprint density at radius 2 is 2.11 bits per heavy atom. The third kappa shape index (κ3) is 2.49. The van der Waals surface area contributed by atoms with E-state index >= 15 is 0 Å². The molecule has 2 N–H and O–H groups in total. The number of carbonyl (C=O) groups is 1. The number of nitrogens with two attached hydrogens (primary N) is 1. The zero-order valence-corrected chi connectivity index (χ0v) is 11.1. The van der Waals surface area contributed by atoms with Gasteiger partial charge in [0.2, 0.25) is 0 Å². The number of imidazole rings is 1. The van der Waals surface area contributed by atoms with Crippen molar-refractivity contribution in [1.29, 1.82) is 0 Å². The number of rotatable bonds is 3. The van der Waals surface area contributed by atoms with Gasteiger partial charge in [0.05, 0.1) is 7.11 Å². The van der Waals surface area contributed by atoms with Gasteiger partial charge in [-0.15, -0.1) is 0 Å². The van der Waals surface area contributed by atoms with Gasteiger partial charge in [0.25, 0.3) is 0 Å². The van der Waals surface area contributed by atoms with Gasteiger partial charge in [-0.25, -0.2) is 9.78 Å². The number of hydrogen-bond donors (Lipinski definition) is 1. The van der Waals surface area contributed by atoms with E-state index in [0.29, 0.717) is 11.7 Å². The molecule has 2 rings (SSSR count). The van der Waals surface area contributed by atoms with Crippen LogP contribution in [-0.2, 0) is 11.3 Å². The van der Waals surface area contributed by atoms with E-state index in [2.05, 4.69) is 9.72 Å². The third-order valence-corrected chi connectivity index (χ3v) is 3.74. The van der Waals surface area contributed by atoms with Crippen LogP contribution in [0.25, 0.3) is 0 Å². The van der Waals surface area contributed by atoms with E-state index < -0.39 is 5.97 Å². The Morgan fingerprint density at radius 3 is 2.72 bits per heavy atom. The van der Waals surface area contributed by atoms with E-state index in [1.807, 2.05) is 11.5 Å². The molecule has 1 saturated carbocycles. The third-order valence-electron chi connectivity index (χ3n) is 3.74. The number of methoxy groups -OCH3 is 1. The number of carbonyl (C=O) groups excluding carboxylic acids is 1. The summed E-state index contributed by atoms with van der Waals surface area (Å²) in [6.07, 6.45) is 6.40. The van der Waals surface area contributed by atoms with Gasteiger partial charge in [-0.2, -0.15) is 0 Å². The number of ether oxygens (including phenoxy) is 1. The van der Waals surface area contributed by atoms with Crippen LogP contribution in [-0.4, -0.2) is 22.6 Å². The number of aryl methyl sites for hydroxylation is 1. The zero-order valence-electron chi connectivity index (χ0n) is 11.1. The van der Waals surface area contributed by atoms with E-state index in [-0.39, 0.29) is 5.69 Å². The molecule has 18 heavy (non-hydrogen) atoms. The molecule has 0 radical (unpaired) electrons. The Morgan fingerprint density at radius 1 is 1.44 bits per heavy atom. The smallest absolute Gasteiger partial charge is 0.360 e. The van der Waals surface area contributed by atoms with Gasteiger partial charge in [-0.05, 0) is 25.7 Å². The highest BCUT2D eigenvalue weighted by Gasteiger charge is 2.22. The topological polar surface area (TPSA) is 70.1 Å². The fourth-order valence-electron chi connectivity index (χ4n) is 2.69. The highest BCUT2D eigenvalue weighted by atomic mass is 16.5. The maximum atomic E-state index is 11.5. The molecule has 0 saturated heterocycles. The lowest BCUT2D eigenvalue weighted by atomic mass is 9.89. The molecule has 0 aromatic carbocycles. The average Bonchev–Trinajstić information content (AvgIpc) is 2.67. The summed E-state index contributed by atoms with van der Waals surface area (Å²) < 4.78 is 6.63. The summed E-state index contributed by atoms with van der Waals surface area (Å²) in [5.41, 5.74) is 6.24. The van der Waals surface area contributed by atoms with Crippen molar-refractivity contribution in [3.63, 3.8) is 0 Å². The molecule has 0 spiro atoms. The molecular weight excluding hydrogens is 230 g/mol.